The normalized spacial score (nSPS) is 13.8. The molecule has 1 aliphatic heterocycles. The molecule has 4 heterocycles. The quantitative estimate of drug-likeness (QED) is 0.161. The van der Waals surface area contributed by atoms with Crippen LogP contribution >= 0.6 is 11.3 Å². The summed E-state index contributed by atoms with van der Waals surface area (Å²) in [5.74, 6) is 0.879. The van der Waals surface area contributed by atoms with Crippen molar-refractivity contribution < 1.29 is 4.39 Å². The molecule has 0 saturated heterocycles. The van der Waals surface area contributed by atoms with Gasteiger partial charge in [0.05, 0.1) is 5.69 Å². The van der Waals surface area contributed by atoms with E-state index in [0.29, 0.717) is 11.1 Å². The zero-order valence-electron chi connectivity index (χ0n) is 28.6. The smallest absolute Gasteiger partial charge is 0.188 e. The maximum Gasteiger partial charge on any atom is 0.188 e. The summed E-state index contributed by atoms with van der Waals surface area (Å²) in [5.41, 5.74) is 4.84. The molecular weight excluding hydrogens is 686 g/mol. The lowest BCUT2D eigenvalue weighted by molar-refractivity contribution is 0.402. The van der Waals surface area contributed by atoms with Crippen molar-refractivity contribution >= 4 is 77.5 Å². The van der Waals surface area contributed by atoms with E-state index in [1.807, 2.05) is 78.2 Å². The van der Waals surface area contributed by atoms with Gasteiger partial charge in [0.1, 0.15) is 5.82 Å². The van der Waals surface area contributed by atoms with E-state index in [1.165, 1.54) is 40.9 Å². The van der Waals surface area contributed by atoms with Crippen molar-refractivity contribution in [1.82, 2.24) is 9.97 Å². The summed E-state index contributed by atoms with van der Waals surface area (Å²) in [7, 11) is -2.98. The van der Waals surface area contributed by atoms with Gasteiger partial charge in [0.2, 0.25) is 0 Å². The van der Waals surface area contributed by atoms with Crippen LogP contribution in [0.1, 0.15) is 17.3 Å². The van der Waals surface area contributed by atoms with Crippen LogP contribution in [0, 0.1) is 0 Å². The minimum Gasteiger partial charge on any atom is -0.295 e. The first-order valence-corrected chi connectivity index (χ1v) is 20.6. The summed E-state index contributed by atoms with van der Waals surface area (Å²) in [6.07, 6.45) is 2.31. The zero-order valence-corrected chi connectivity index (χ0v) is 30.4. The Morgan fingerprint density at radius 1 is 0.566 bits per heavy atom. The van der Waals surface area contributed by atoms with Crippen molar-refractivity contribution in [1.29, 1.82) is 0 Å². The summed E-state index contributed by atoms with van der Waals surface area (Å²) in [4.78, 5) is 12.0. The third kappa shape index (κ3) is 4.98. The highest BCUT2D eigenvalue weighted by Gasteiger charge is 2.51. The number of hydrogen-bond acceptors (Lipinski definition) is 4. The van der Waals surface area contributed by atoms with E-state index < -0.39 is 14.2 Å². The molecule has 0 amide bonds. The van der Waals surface area contributed by atoms with Gasteiger partial charge in [-0.25, -0.2) is 9.37 Å². The Morgan fingerprint density at radius 3 is 2.04 bits per heavy atom. The molecule has 3 nitrogen and oxygen atoms in total. The number of nitrogens with zero attached hydrogens (tertiary/aromatic N) is 3. The molecule has 3 aromatic heterocycles. The Bertz CT molecular complexity index is 2730. The monoisotopic (exact) mass is 717 g/mol. The maximum atomic E-state index is 16.7. The van der Waals surface area contributed by atoms with Crippen LogP contribution in [0.5, 0.6) is 0 Å². The number of anilines is 3. The Kier molecular flexibility index (Phi) is 7.60. The summed E-state index contributed by atoms with van der Waals surface area (Å²) in [6, 6.07) is 61.0. The lowest BCUT2D eigenvalue weighted by Gasteiger charge is -2.44. The minimum absolute atomic E-state index is 0.586. The molecule has 0 radical (unpaired) electrons. The van der Waals surface area contributed by atoms with Crippen molar-refractivity contribution in [2.45, 2.75) is 6.17 Å². The minimum atomic E-state index is -2.98. The Balaban J connectivity index is 1.23. The number of thiophene rings is 1. The molecule has 1 atom stereocenters. The van der Waals surface area contributed by atoms with Crippen molar-refractivity contribution in [2.75, 3.05) is 4.90 Å². The molecule has 0 bridgehead atoms. The first-order valence-electron chi connectivity index (χ1n) is 17.8. The molecule has 10 rings (SSSR count). The number of pyridine rings is 2. The predicted molar refractivity (Wildman–Crippen MR) is 222 cm³/mol. The summed E-state index contributed by atoms with van der Waals surface area (Å²) in [6.45, 7) is 0. The van der Waals surface area contributed by atoms with Gasteiger partial charge in [-0.1, -0.05) is 127 Å². The van der Waals surface area contributed by atoms with Crippen LogP contribution in [0.3, 0.4) is 0 Å². The van der Waals surface area contributed by atoms with Gasteiger partial charge < -0.3 is 0 Å². The van der Waals surface area contributed by atoms with Gasteiger partial charge in [0.25, 0.3) is 0 Å². The third-order valence-electron chi connectivity index (χ3n) is 10.5. The van der Waals surface area contributed by atoms with Crippen LogP contribution in [0.2, 0.25) is 0 Å². The number of rotatable bonds is 6. The Hall–Kier alpha value is -6.21. The first-order chi connectivity index (χ1) is 26.2. The van der Waals surface area contributed by atoms with Gasteiger partial charge in [-0.3, -0.25) is 9.88 Å². The molecule has 0 fully saturated rings. The van der Waals surface area contributed by atoms with E-state index in [9.17, 15) is 0 Å². The van der Waals surface area contributed by atoms with Crippen molar-refractivity contribution in [2.24, 2.45) is 0 Å². The molecule has 0 spiro atoms. The fourth-order valence-corrected chi connectivity index (χ4v) is 15.1. The largest absolute Gasteiger partial charge is 0.295 e. The Labute approximate surface area is 312 Å². The van der Waals surface area contributed by atoms with Crippen molar-refractivity contribution in [3.05, 3.63) is 199 Å². The fourth-order valence-electron chi connectivity index (χ4n) is 8.25. The molecule has 0 aliphatic carbocycles. The van der Waals surface area contributed by atoms with Gasteiger partial charge >= 0.3 is 0 Å². The average molecular weight is 718 g/mol. The van der Waals surface area contributed by atoms with Crippen LogP contribution in [-0.2, 0) is 0 Å². The van der Waals surface area contributed by atoms with Gasteiger partial charge in [-0.05, 0) is 80.4 Å². The summed E-state index contributed by atoms with van der Waals surface area (Å²) in [5, 5.41) is 7.66. The molecule has 1 unspecified atom stereocenters. The fraction of sp³-hybridized carbons (Fsp3) is 0.0213. The number of benzene rings is 6. The van der Waals surface area contributed by atoms with E-state index in [0.717, 1.165) is 28.5 Å². The summed E-state index contributed by atoms with van der Waals surface area (Å²) < 4.78 is 19.3. The molecule has 0 N–H and O–H groups in total. The second-order valence-electron chi connectivity index (χ2n) is 13.4. The van der Waals surface area contributed by atoms with Gasteiger partial charge in [-0.15, -0.1) is 11.3 Å². The Morgan fingerprint density at radius 2 is 1.26 bits per heavy atom. The molecule has 0 saturated carbocycles. The van der Waals surface area contributed by atoms with Crippen LogP contribution in [-0.4, -0.2) is 18.0 Å². The average Bonchev–Trinajstić information content (AvgIpc) is 3.62. The van der Waals surface area contributed by atoms with E-state index >= 15 is 4.39 Å². The van der Waals surface area contributed by atoms with Crippen LogP contribution < -0.4 is 25.6 Å². The molecule has 9 aromatic rings. The molecule has 6 aromatic carbocycles. The summed E-state index contributed by atoms with van der Waals surface area (Å²) >= 11 is 1.87. The molecule has 53 heavy (non-hydrogen) atoms. The SMILES string of the molecule is FC(c1cccc(-c2ccccn2)c1)c1cccc(N2c3ccc4c(sc5ccccc54)c3[Si](c3ccccc3)(c3ccccc3)c3cccnc32)c1. The first kappa shape index (κ1) is 31.5. The maximum absolute atomic E-state index is 16.7. The molecule has 1 aliphatic rings. The lowest BCUT2D eigenvalue weighted by atomic mass is 9.99. The number of halogens is 1. The van der Waals surface area contributed by atoms with Crippen molar-refractivity contribution in [3.8, 4) is 11.3 Å². The number of hydrogen-bond donors (Lipinski definition) is 0. The second-order valence-corrected chi connectivity index (χ2v) is 18.2. The van der Waals surface area contributed by atoms with Gasteiger partial charge in [-0.2, -0.15) is 0 Å². The topological polar surface area (TPSA) is 29.0 Å². The predicted octanol–water partition coefficient (Wildman–Crippen LogP) is 9.73. The highest BCUT2D eigenvalue weighted by Crippen LogP contribution is 2.43. The second kappa shape index (κ2) is 12.8. The van der Waals surface area contributed by atoms with E-state index in [1.54, 1.807) is 6.20 Å². The highest BCUT2D eigenvalue weighted by molar-refractivity contribution is 7.31. The van der Waals surface area contributed by atoms with E-state index in [4.69, 9.17) is 4.98 Å². The highest BCUT2D eigenvalue weighted by atomic mass is 32.1. The number of fused-ring (bicyclic) bond motifs is 6. The molecule has 252 valence electrons. The van der Waals surface area contributed by atoms with Crippen LogP contribution in [0.25, 0.3) is 31.4 Å². The van der Waals surface area contributed by atoms with Crippen LogP contribution in [0.4, 0.5) is 21.6 Å². The van der Waals surface area contributed by atoms with Gasteiger partial charge in [0, 0.05) is 49.5 Å². The van der Waals surface area contributed by atoms with Crippen LogP contribution in [0.15, 0.2) is 188 Å². The third-order valence-corrected chi connectivity index (χ3v) is 16.8. The zero-order chi connectivity index (χ0) is 35.4. The lowest BCUT2D eigenvalue weighted by Crippen LogP contribution is -2.77. The van der Waals surface area contributed by atoms with E-state index in [-0.39, 0.29) is 0 Å². The number of alkyl halides is 1. The van der Waals surface area contributed by atoms with Gasteiger partial charge in [0.15, 0.2) is 14.2 Å². The molecular formula is C47H32FN3SSi. The molecule has 6 heteroatoms. The number of aromatic nitrogens is 2. The van der Waals surface area contributed by atoms with Crippen molar-refractivity contribution in [3.63, 3.8) is 0 Å². The standard InChI is InChI=1S/C47H32FN3SSi/c48-44(33-15-11-14-32(30-33)40-23-9-10-28-49-40)34-16-12-17-35(31-34)51-41-27-26-39-38-22-7-8-24-42(38)52-45(39)46(41)53(36-18-3-1-4-19-36,37-20-5-2-6-21-37)43-25-13-29-50-47(43)51/h1-31,44H. The van der Waals surface area contributed by atoms with E-state index in [2.05, 4.69) is 125 Å².